The van der Waals surface area contributed by atoms with E-state index in [1.165, 1.54) is 5.56 Å². The third kappa shape index (κ3) is 2.32. The van der Waals surface area contributed by atoms with Gasteiger partial charge in [0.1, 0.15) is 0 Å². The number of carbonyl (C=O) groups excluding carboxylic acids is 1. The van der Waals surface area contributed by atoms with Crippen LogP contribution in [0.3, 0.4) is 0 Å². The number of nitrogens with zero attached hydrogens (tertiary/aromatic N) is 1. The van der Waals surface area contributed by atoms with Crippen molar-refractivity contribution >= 4 is 5.78 Å². The highest BCUT2D eigenvalue weighted by Crippen LogP contribution is 2.25. The van der Waals surface area contributed by atoms with Crippen molar-refractivity contribution < 1.29 is 33.3 Å². The van der Waals surface area contributed by atoms with E-state index >= 15 is 0 Å². The van der Waals surface area contributed by atoms with Crippen LogP contribution in [0.2, 0.25) is 0 Å². The molecule has 0 saturated heterocycles. The van der Waals surface area contributed by atoms with Crippen molar-refractivity contribution in [1.82, 2.24) is 0 Å². The lowest BCUT2D eigenvalue weighted by Gasteiger charge is -2.19. The van der Waals surface area contributed by atoms with Gasteiger partial charge >= 0.3 is 0 Å². The highest BCUT2D eigenvalue weighted by molar-refractivity contribution is 6.00. The lowest BCUT2D eigenvalue weighted by molar-refractivity contribution is -0.708. The number of pyridine rings is 1. The first-order valence-corrected chi connectivity index (χ1v) is 5.94. The van der Waals surface area contributed by atoms with Crippen LogP contribution < -0.4 is 28.5 Å². The van der Waals surface area contributed by atoms with Crippen LogP contribution in [0.4, 0.5) is 0 Å². The third-order valence-corrected chi connectivity index (χ3v) is 3.37. The molecule has 1 unspecified atom stereocenters. The quantitative estimate of drug-likeness (QED) is 0.494. The van der Waals surface area contributed by atoms with E-state index < -0.39 is 0 Å². The molecule has 2 aromatic rings. The molecule has 1 heterocycles. The van der Waals surface area contributed by atoms with Crippen molar-refractivity contribution in [3.05, 3.63) is 66.0 Å². The topological polar surface area (TPSA) is 20.9 Å². The largest absolute Gasteiger partial charge is 1.00 e. The number of carbonyl (C=O) groups is 1. The van der Waals surface area contributed by atoms with Crippen molar-refractivity contribution in [2.75, 3.05) is 0 Å². The average molecular weight is 351 g/mol. The molecule has 0 radical (unpaired) electrons. The summed E-state index contributed by atoms with van der Waals surface area (Å²) in [6, 6.07) is 13.8. The number of Topliss-reactive ketones (excluding diaryl/α,β-unsaturated/α-hetero) is 1. The van der Waals surface area contributed by atoms with Gasteiger partial charge < -0.3 is 24.0 Å². The summed E-state index contributed by atoms with van der Waals surface area (Å²) in [5, 5.41) is 0. The molecule has 0 amide bonds. The molecule has 3 heteroatoms. The first-order valence-electron chi connectivity index (χ1n) is 5.94. The van der Waals surface area contributed by atoms with E-state index in [-0.39, 0.29) is 35.8 Å². The summed E-state index contributed by atoms with van der Waals surface area (Å²) in [7, 11) is 0. The Labute approximate surface area is 124 Å². The predicted molar refractivity (Wildman–Crippen MR) is 64.8 cm³/mol. The van der Waals surface area contributed by atoms with Crippen molar-refractivity contribution in [2.24, 2.45) is 0 Å². The van der Waals surface area contributed by atoms with Gasteiger partial charge in [0.2, 0.25) is 11.8 Å². The highest BCUT2D eigenvalue weighted by Gasteiger charge is 2.33. The molecule has 2 nitrogen and oxygen atoms in total. The monoisotopic (exact) mass is 351 g/mol. The molecule has 1 aliphatic carbocycles. The minimum Gasteiger partial charge on any atom is -1.00 e. The fourth-order valence-electron chi connectivity index (χ4n) is 2.49. The van der Waals surface area contributed by atoms with E-state index in [4.69, 9.17) is 0 Å². The minimum absolute atomic E-state index is 0. The van der Waals surface area contributed by atoms with E-state index in [1.807, 2.05) is 53.4 Å². The lowest BCUT2D eigenvalue weighted by atomic mass is 9.87. The van der Waals surface area contributed by atoms with Crippen LogP contribution in [0.5, 0.6) is 0 Å². The second kappa shape index (κ2) is 5.61. The summed E-state index contributed by atoms with van der Waals surface area (Å²) in [4.78, 5) is 12.4. The van der Waals surface area contributed by atoms with E-state index in [1.54, 1.807) is 0 Å². The van der Waals surface area contributed by atoms with Gasteiger partial charge in [-0.25, -0.2) is 0 Å². The zero-order valence-electron chi connectivity index (χ0n) is 9.92. The van der Waals surface area contributed by atoms with Gasteiger partial charge in [-0.3, -0.25) is 4.79 Å². The van der Waals surface area contributed by atoms with Crippen LogP contribution in [0.1, 0.15) is 28.4 Å². The second-order valence-electron chi connectivity index (χ2n) is 4.40. The summed E-state index contributed by atoms with van der Waals surface area (Å²) in [5.74, 6) is 0.239. The second-order valence-corrected chi connectivity index (χ2v) is 4.40. The summed E-state index contributed by atoms with van der Waals surface area (Å²) in [6.45, 7) is 0. The smallest absolute Gasteiger partial charge is 0.230 e. The molecule has 1 aromatic heterocycles. The van der Waals surface area contributed by atoms with Crippen molar-refractivity contribution in [3.8, 4) is 0 Å². The molecule has 0 aliphatic heterocycles. The van der Waals surface area contributed by atoms with Gasteiger partial charge in [-0.15, -0.1) is 0 Å². The molecule has 1 aromatic carbocycles. The third-order valence-electron chi connectivity index (χ3n) is 3.37. The van der Waals surface area contributed by atoms with Crippen LogP contribution in [0, 0.1) is 0 Å². The Bertz CT molecular complexity index is 553. The SMILES string of the molecule is O=C1c2ccccc2CCC1[n+]1ccccc1.[I-]. The molecule has 0 fully saturated rings. The van der Waals surface area contributed by atoms with Crippen molar-refractivity contribution in [3.63, 3.8) is 0 Å². The molecule has 1 aliphatic rings. The number of hydrogen-bond acceptors (Lipinski definition) is 1. The number of halogens is 1. The summed E-state index contributed by atoms with van der Waals surface area (Å²) in [6.07, 6.45) is 5.81. The Morgan fingerprint density at radius 3 is 2.50 bits per heavy atom. The van der Waals surface area contributed by atoms with Crippen molar-refractivity contribution in [1.29, 1.82) is 0 Å². The Morgan fingerprint density at radius 2 is 1.72 bits per heavy atom. The lowest BCUT2D eigenvalue weighted by Crippen LogP contribution is -3.00. The maximum atomic E-state index is 12.4. The molecule has 0 spiro atoms. The fraction of sp³-hybridized carbons (Fsp3) is 0.200. The van der Waals surface area contributed by atoms with Crippen LogP contribution in [0.15, 0.2) is 54.9 Å². The van der Waals surface area contributed by atoms with Gasteiger partial charge in [-0.05, 0) is 12.0 Å². The van der Waals surface area contributed by atoms with E-state index in [0.717, 1.165) is 18.4 Å². The molecule has 0 N–H and O–H groups in total. The van der Waals surface area contributed by atoms with E-state index in [0.29, 0.717) is 0 Å². The number of fused-ring (bicyclic) bond motifs is 1. The predicted octanol–water partition coefficient (Wildman–Crippen LogP) is -0.652. The Hall–Kier alpha value is -1.23. The fourth-order valence-corrected chi connectivity index (χ4v) is 2.49. The molecular weight excluding hydrogens is 337 g/mol. The number of ketones is 1. The molecule has 1 atom stereocenters. The number of aromatic nitrogens is 1. The van der Waals surface area contributed by atoms with Gasteiger partial charge in [0.05, 0.1) is 0 Å². The average Bonchev–Trinajstić information content (AvgIpc) is 2.40. The molecule has 0 bridgehead atoms. The molecule has 18 heavy (non-hydrogen) atoms. The van der Waals surface area contributed by atoms with Crippen molar-refractivity contribution in [2.45, 2.75) is 18.9 Å². The van der Waals surface area contributed by atoms with Crippen LogP contribution in [-0.4, -0.2) is 5.78 Å². The first kappa shape index (κ1) is 13.2. The van der Waals surface area contributed by atoms with Gasteiger partial charge in [0.25, 0.3) is 0 Å². The molecular formula is C15H14INO. The Balaban J connectivity index is 0.00000120. The maximum Gasteiger partial charge on any atom is 0.230 e. The standard InChI is InChI=1S/C15H14NO.HI/c17-15-13-7-3-2-6-12(13)8-9-14(15)16-10-4-1-5-11-16;/h1-7,10-11,14H,8-9H2;1H/q+1;/p-1. The number of hydrogen-bond donors (Lipinski definition) is 0. The Kier molecular flexibility index (Phi) is 4.11. The van der Waals surface area contributed by atoms with Crippen LogP contribution >= 0.6 is 0 Å². The number of rotatable bonds is 1. The first-order chi connectivity index (χ1) is 8.36. The summed E-state index contributed by atoms with van der Waals surface area (Å²) >= 11 is 0. The van der Waals surface area contributed by atoms with Gasteiger partial charge in [-0.1, -0.05) is 30.3 Å². The summed E-state index contributed by atoms with van der Waals surface area (Å²) < 4.78 is 2.01. The minimum atomic E-state index is -0.0360. The van der Waals surface area contributed by atoms with Crippen LogP contribution in [0.25, 0.3) is 0 Å². The zero-order chi connectivity index (χ0) is 11.7. The maximum absolute atomic E-state index is 12.4. The van der Waals surface area contributed by atoms with Gasteiger partial charge in [0.15, 0.2) is 12.4 Å². The molecule has 0 saturated carbocycles. The van der Waals surface area contributed by atoms with Gasteiger partial charge in [-0.2, -0.15) is 4.57 Å². The number of aryl methyl sites for hydroxylation is 1. The molecule has 92 valence electrons. The normalized spacial score (nSPS) is 17.8. The zero-order valence-corrected chi connectivity index (χ0v) is 12.1. The van der Waals surface area contributed by atoms with E-state index in [2.05, 4.69) is 6.07 Å². The Morgan fingerprint density at radius 1 is 1.00 bits per heavy atom. The molecule has 3 rings (SSSR count). The highest BCUT2D eigenvalue weighted by atomic mass is 127. The summed E-state index contributed by atoms with van der Waals surface area (Å²) in [5.41, 5.74) is 2.07. The van der Waals surface area contributed by atoms with E-state index in [9.17, 15) is 4.79 Å². The van der Waals surface area contributed by atoms with Gasteiger partial charge in [0, 0.05) is 24.1 Å². The number of benzene rings is 1. The van der Waals surface area contributed by atoms with Crippen LogP contribution in [-0.2, 0) is 6.42 Å².